The van der Waals surface area contributed by atoms with Crippen molar-refractivity contribution in [1.82, 2.24) is 0 Å². The van der Waals surface area contributed by atoms with Gasteiger partial charge in [-0.05, 0) is 44.6 Å². The molecule has 0 heterocycles. The van der Waals surface area contributed by atoms with Gasteiger partial charge in [0.25, 0.3) is 0 Å². The number of alkyl halides is 3. The second kappa shape index (κ2) is 5.52. The zero-order valence-corrected chi connectivity index (χ0v) is 8.93. The van der Waals surface area contributed by atoms with E-state index in [4.69, 9.17) is 5.73 Å². The van der Waals surface area contributed by atoms with Crippen molar-refractivity contribution in [2.75, 3.05) is 6.54 Å². The van der Waals surface area contributed by atoms with Crippen molar-refractivity contribution in [2.45, 2.75) is 44.4 Å². The van der Waals surface area contributed by atoms with Crippen molar-refractivity contribution in [3.05, 3.63) is 0 Å². The summed E-state index contributed by atoms with van der Waals surface area (Å²) in [7, 11) is 0. The number of esters is 1. The van der Waals surface area contributed by atoms with Crippen LogP contribution in [-0.2, 0) is 9.53 Å². The quantitative estimate of drug-likeness (QED) is 0.766. The van der Waals surface area contributed by atoms with E-state index in [1.807, 2.05) is 0 Å². The number of ether oxygens (including phenoxy) is 1. The monoisotopic (exact) mass is 239 g/mol. The van der Waals surface area contributed by atoms with E-state index in [0.717, 1.165) is 19.3 Å². The fraction of sp³-hybridized carbons (Fsp3) is 0.900. The Bertz CT molecular complexity index is 235. The number of rotatable bonds is 3. The molecular weight excluding hydrogens is 223 g/mol. The lowest BCUT2D eigenvalue weighted by molar-refractivity contribution is -0.206. The van der Waals surface area contributed by atoms with Crippen LogP contribution in [-0.4, -0.2) is 24.8 Å². The topological polar surface area (TPSA) is 52.3 Å². The van der Waals surface area contributed by atoms with Crippen LogP contribution < -0.4 is 5.73 Å². The van der Waals surface area contributed by atoms with Crippen molar-refractivity contribution in [3.8, 4) is 0 Å². The van der Waals surface area contributed by atoms with Gasteiger partial charge in [-0.15, -0.1) is 0 Å². The van der Waals surface area contributed by atoms with Gasteiger partial charge in [-0.3, -0.25) is 0 Å². The molecule has 1 aliphatic carbocycles. The predicted octanol–water partition coefficient (Wildman–Crippen LogP) is 2.00. The van der Waals surface area contributed by atoms with Crippen LogP contribution in [0.5, 0.6) is 0 Å². The predicted molar refractivity (Wildman–Crippen MR) is 51.6 cm³/mol. The van der Waals surface area contributed by atoms with Crippen molar-refractivity contribution in [1.29, 1.82) is 0 Å². The molecule has 0 bridgehead atoms. The summed E-state index contributed by atoms with van der Waals surface area (Å²) in [4.78, 5) is 10.6. The number of nitrogens with two attached hydrogens (primary N) is 1. The van der Waals surface area contributed by atoms with E-state index in [1.165, 1.54) is 0 Å². The Labute approximate surface area is 92.1 Å². The number of hydrogen-bond acceptors (Lipinski definition) is 3. The number of hydrogen-bond donors (Lipinski definition) is 1. The molecule has 1 aliphatic rings. The second-order valence-electron chi connectivity index (χ2n) is 4.12. The van der Waals surface area contributed by atoms with Crippen molar-refractivity contribution in [3.63, 3.8) is 0 Å². The average Bonchev–Trinajstić information content (AvgIpc) is 2.20. The zero-order chi connectivity index (χ0) is 12.2. The third-order valence-corrected chi connectivity index (χ3v) is 2.87. The molecule has 16 heavy (non-hydrogen) atoms. The van der Waals surface area contributed by atoms with Gasteiger partial charge in [-0.2, -0.15) is 13.2 Å². The lowest BCUT2D eigenvalue weighted by atomic mass is 9.85. The molecule has 6 heteroatoms. The lowest BCUT2D eigenvalue weighted by Crippen LogP contribution is -2.32. The first-order chi connectivity index (χ1) is 7.43. The van der Waals surface area contributed by atoms with Crippen molar-refractivity contribution in [2.24, 2.45) is 11.7 Å². The molecule has 0 amide bonds. The SMILES string of the molecule is NCCC1CCC(OC(=O)C(F)(F)F)CC1. The molecule has 94 valence electrons. The Morgan fingerprint density at radius 2 is 1.81 bits per heavy atom. The highest BCUT2D eigenvalue weighted by molar-refractivity contribution is 5.75. The van der Waals surface area contributed by atoms with E-state index in [9.17, 15) is 18.0 Å². The Kier molecular flexibility index (Phi) is 4.58. The first-order valence-electron chi connectivity index (χ1n) is 5.41. The summed E-state index contributed by atoms with van der Waals surface area (Å²) in [5.74, 6) is -1.61. The Morgan fingerprint density at radius 1 is 1.25 bits per heavy atom. The van der Waals surface area contributed by atoms with Gasteiger partial charge >= 0.3 is 12.1 Å². The van der Waals surface area contributed by atoms with Crippen LogP contribution in [0.15, 0.2) is 0 Å². The van der Waals surface area contributed by atoms with E-state index >= 15 is 0 Å². The summed E-state index contributed by atoms with van der Waals surface area (Å²) in [6, 6.07) is 0. The van der Waals surface area contributed by atoms with Crippen LogP contribution in [0.2, 0.25) is 0 Å². The number of halogens is 3. The Morgan fingerprint density at radius 3 is 2.25 bits per heavy atom. The van der Waals surface area contributed by atoms with Crippen LogP contribution in [0, 0.1) is 5.92 Å². The second-order valence-corrected chi connectivity index (χ2v) is 4.12. The first kappa shape index (κ1) is 13.3. The Balaban J connectivity index is 2.30. The summed E-state index contributed by atoms with van der Waals surface area (Å²) in [5.41, 5.74) is 5.40. The molecule has 3 nitrogen and oxygen atoms in total. The van der Waals surface area contributed by atoms with Gasteiger partial charge in [0.2, 0.25) is 0 Å². The minimum atomic E-state index is -4.88. The maximum atomic E-state index is 11.9. The fourth-order valence-electron chi connectivity index (χ4n) is 1.99. The summed E-state index contributed by atoms with van der Waals surface area (Å²) >= 11 is 0. The molecule has 1 fully saturated rings. The molecule has 1 rings (SSSR count). The standard InChI is InChI=1S/C10H16F3NO2/c11-10(12,13)9(15)16-8-3-1-7(2-4-8)5-6-14/h7-8H,1-6,14H2. The molecular formula is C10H16F3NO2. The average molecular weight is 239 g/mol. The molecule has 0 unspecified atom stereocenters. The third kappa shape index (κ3) is 4.00. The summed E-state index contributed by atoms with van der Waals surface area (Å²) in [5, 5.41) is 0. The minimum Gasteiger partial charge on any atom is -0.456 e. The molecule has 2 N–H and O–H groups in total. The highest BCUT2D eigenvalue weighted by Gasteiger charge is 2.42. The molecule has 0 aromatic rings. The normalized spacial score (nSPS) is 26.5. The van der Waals surface area contributed by atoms with Gasteiger partial charge in [-0.25, -0.2) is 4.79 Å². The lowest BCUT2D eigenvalue weighted by Gasteiger charge is -2.28. The maximum Gasteiger partial charge on any atom is 0.490 e. The van der Waals surface area contributed by atoms with Crippen LogP contribution >= 0.6 is 0 Å². The van der Waals surface area contributed by atoms with Crippen molar-refractivity contribution < 1.29 is 22.7 Å². The molecule has 0 spiro atoms. The van der Waals surface area contributed by atoms with E-state index < -0.39 is 18.2 Å². The van der Waals surface area contributed by atoms with Crippen molar-refractivity contribution >= 4 is 5.97 Å². The molecule has 0 aromatic carbocycles. The van der Waals surface area contributed by atoms with Gasteiger partial charge in [0.1, 0.15) is 6.10 Å². The molecule has 0 radical (unpaired) electrons. The van der Waals surface area contributed by atoms with Crippen LogP contribution in [0.1, 0.15) is 32.1 Å². The van der Waals surface area contributed by atoms with Gasteiger partial charge in [0, 0.05) is 0 Å². The molecule has 0 atom stereocenters. The third-order valence-electron chi connectivity index (χ3n) is 2.87. The van der Waals surface area contributed by atoms with E-state index in [-0.39, 0.29) is 0 Å². The minimum absolute atomic E-state index is 0.464. The molecule has 1 saturated carbocycles. The van der Waals surface area contributed by atoms with Gasteiger partial charge in [0.15, 0.2) is 0 Å². The molecule has 0 aromatic heterocycles. The van der Waals surface area contributed by atoms with Gasteiger partial charge in [0.05, 0.1) is 0 Å². The van der Waals surface area contributed by atoms with Gasteiger partial charge in [-0.1, -0.05) is 0 Å². The largest absolute Gasteiger partial charge is 0.490 e. The van der Waals surface area contributed by atoms with Gasteiger partial charge < -0.3 is 10.5 Å². The highest BCUT2D eigenvalue weighted by Crippen LogP contribution is 2.29. The van der Waals surface area contributed by atoms with Crippen LogP contribution in [0.25, 0.3) is 0 Å². The summed E-state index contributed by atoms with van der Waals surface area (Å²) in [6.07, 6.45) is -1.99. The van der Waals surface area contributed by atoms with Crippen LogP contribution in [0.3, 0.4) is 0 Å². The van der Waals surface area contributed by atoms with E-state index in [1.54, 1.807) is 0 Å². The maximum absolute atomic E-state index is 11.9. The van der Waals surface area contributed by atoms with Crippen LogP contribution in [0.4, 0.5) is 13.2 Å². The summed E-state index contributed by atoms with van der Waals surface area (Å²) < 4.78 is 40.1. The van der Waals surface area contributed by atoms with E-state index in [0.29, 0.717) is 25.3 Å². The number of carbonyl (C=O) groups is 1. The first-order valence-corrected chi connectivity index (χ1v) is 5.41. The fourth-order valence-corrected chi connectivity index (χ4v) is 1.99. The smallest absolute Gasteiger partial charge is 0.456 e. The Hall–Kier alpha value is -0.780. The zero-order valence-electron chi connectivity index (χ0n) is 8.93. The van der Waals surface area contributed by atoms with E-state index in [2.05, 4.69) is 4.74 Å². The molecule has 0 saturated heterocycles. The summed E-state index contributed by atoms with van der Waals surface area (Å²) in [6.45, 7) is 0.595. The highest BCUT2D eigenvalue weighted by atomic mass is 19.4. The number of carbonyl (C=O) groups excluding carboxylic acids is 1. The molecule has 0 aliphatic heterocycles.